The number of sulfone groups is 2. The Labute approximate surface area is 209 Å². The molecule has 0 radical (unpaired) electrons. The molecular formula is C26H36N2O5S2. The lowest BCUT2D eigenvalue weighted by atomic mass is 10.1. The Morgan fingerprint density at radius 2 is 0.886 bits per heavy atom. The Hall–Kier alpha value is -1.94. The van der Waals surface area contributed by atoms with Crippen LogP contribution in [0.4, 0.5) is 0 Å². The number of hydrogen-bond donors (Lipinski definition) is 0. The molecule has 2 aromatic carbocycles. The molecule has 2 aliphatic heterocycles. The summed E-state index contributed by atoms with van der Waals surface area (Å²) >= 11 is 0. The SMILES string of the molecule is O=S(=O)(CCN1CCCCC1)c1ccc(Oc2ccc(S(=O)(=O)CCN3CCCCC3)cc2)cc1. The van der Waals surface area contributed by atoms with E-state index in [0.717, 1.165) is 51.9 Å². The molecule has 0 aliphatic carbocycles. The van der Waals surface area contributed by atoms with E-state index in [4.69, 9.17) is 4.74 Å². The highest BCUT2D eigenvalue weighted by Gasteiger charge is 2.19. The first-order valence-electron chi connectivity index (χ1n) is 12.6. The maximum absolute atomic E-state index is 12.7. The maximum Gasteiger partial charge on any atom is 0.179 e. The number of nitrogens with zero attached hydrogens (tertiary/aromatic N) is 2. The predicted molar refractivity (Wildman–Crippen MR) is 138 cm³/mol. The number of rotatable bonds is 10. The second-order valence-electron chi connectivity index (χ2n) is 9.49. The quantitative estimate of drug-likeness (QED) is 0.468. The second-order valence-corrected chi connectivity index (χ2v) is 13.7. The minimum atomic E-state index is -3.35. The summed E-state index contributed by atoms with van der Waals surface area (Å²) in [5, 5.41) is 0. The van der Waals surface area contributed by atoms with Gasteiger partial charge in [0.05, 0.1) is 21.3 Å². The highest BCUT2D eigenvalue weighted by molar-refractivity contribution is 7.91. The number of ether oxygens (including phenoxy) is 1. The van der Waals surface area contributed by atoms with Gasteiger partial charge in [0.1, 0.15) is 11.5 Å². The normalized spacial score (nSPS) is 18.4. The summed E-state index contributed by atoms with van der Waals surface area (Å²) in [6, 6.07) is 12.8. The highest BCUT2D eigenvalue weighted by Crippen LogP contribution is 2.25. The number of hydrogen-bond acceptors (Lipinski definition) is 7. The van der Waals surface area contributed by atoms with Crippen molar-refractivity contribution in [3.8, 4) is 11.5 Å². The fraction of sp³-hybridized carbons (Fsp3) is 0.538. The van der Waals surface area contributed by atoms with Crippen molar-refractivity contribution in [1.82, 2.24) is 9.80 Å². The molecule has 4 rings (SSSR count). The molecule has 35 heavy (non-hydrogen) atoms. The van der Waals surface area contributed by atoms with E-state index in [0.29, 0.717) is 24.6 Å². The van der Waals surface area contributed by atoms with Gasteiger partial charge in [-0.25, -0.2) is 16.8 Å². The molecule has 0 spiro atoms. The van der Waals surface area contributed by atoms with E-state index in [2.05, 4.69) is 9.80 Å². The molecule has 2 aliphatic rings. The lowest BCUT2D eigenvalue weighted by Gasteiger charge is -2.26. The van der Waals surface area contributed by atoms with Crippen LogP contribution in [0.3, 0.4) is 0 Å². The molecule has 0 aromatic heterocycles. The molecule has 2 heterocycles. The summed E-state index contributed by atoms with van der Waals surface area (Å²) < 4.78 is 56.6. The van der Waals surface area contributed by atoms with Crippen molar-refractivity contribution in [1.29, 1.82) is 0 Å². The van der Waals surface area contributed by atoms with Gasteiger partial charge in [-0.05, 0) is 100 Å². The van der Waals surface area contributed by atoms with Crippen LogP contribution < -0.4 is 4.74 Å². The molecule has 0 atom stereocenters. The molecule has 0 N–H and O–H groups in total. The van der Waals surface area contributed by atoms with E-state index in [1.54, 1.807) is 48.5 Å². The monoisotopic (exact) mass is 520 g/mol. The van der Waals surface area contributed by atoms with Gasteiger partial charge in [-0.15, -0.1) is 0 Å². The van der Waals surface area contributed by atoms with E-state index in [1.807, 2.05) is 0 Å². The Morgan fingerprint density at radius 1 is 0.543 bits per heavy atom. The van der Waals surface area contributed by atoms with Crippen molar-refractivity contribution in [2.45, 2.75) is 48.3 Å². The highest BCUT2D eigenvalue weighted by atomic mass is 32.2. The van der Waals surface area contributed by atoms with Crippen LogP contribution in [0.1, 0.15) is 38.5 Å². The standard InChI is InChI=1S/C26H36N2O5S2/c29-34(30,21-19-27-15-3-1-4-16-27)25-11-7-23(8-12-25)33-24-9-13-26(14-10-24)35(31,32)22-20-28-17-5-2-6-18-28/h7-14H,1-6,15-22H2. The zero-order chi connectivity index (χ0) is 24.7. The first-order chi connectivity index (χ1) is 16.8. The van der Waals surface area contributed by atoms with Gasteiger partial charge >= 0.3 is 0 Å². The first kappa shape index (κ1) is 26.1. The van der Waals surface area contributed by atoms with Gasteiger partial charge in [0.25, 0.3) is 0 Å². The van der Waals surface area contributed by atoms with Crippen LogP contribution in [0.25, 0.3) is 0 Å². The molecule has 0 saturated carbocycles. The zero-order valence-electron chi connectivity index (χ0n) is 20.3. The van der Waals surface area contributed by atoms with Gasteiger partial charge in [-0.3, -0.25) is 0 Å². The molecular weight excluding hydrogens is 484 g/mol. The Bertz CT molecular complexity index is 1060. The number of piperidine rings is 2. The third-order valence-electron chi connectivity index (χ3n) is 6.85. The second kappa shape index (κ2) is 11.9. The van der Waals surface area contributed by atoms with Gasteiger partial charge < -0.3 is 14.5 Å². The summed E-state index contributed by atoms with van der Waals surface area (Å²) in [5.74, 6) is 1.23. The lowest BCUT2D eigenvalue weighted by molar-refractivity contribution is 0.241. The minimum Gasteiger partial charge on any atom is -0.457 e. The lowest BCUT2D eigenvalue weighted by Crippen LogP contribution is -2.33. The van der Waals surface area contributed by atoms with Crippen LogP contribution in [0.2, 0.25) is 0 Å². The molecule has 0 unspecified atom stereocenters. The summed E-state index contributed by atoms with van der Waals surface area (Å²) in [6.45, 7) is 5.02. The Balaban J connectivity index is 1.31. The average molecular weight is 521 g/mol. The van der Waals surface area contributed by atoms with E-state index >= 15 is 0 Å². The molecule has 7 nitrogen and oxygen atoms in total. The van der Waals surface area contributed by atoms with Gasteiger partial charge in [-0.2, -0.15) is 0 Å². The Kier molecular flexibility index (Phi) is 8.86. The van der Waals surface area contributed by atoms with Crippen LogP contribution in [-0.2, 0) is 19.7 Å². The molecule has 2 aromatic rings. The summed E-state index contributed by atoms with van der Waals surface area (Å²) in [6.07, 6.45) is 6.99. The van der Waals surface area contributed by atoms with Gasteiger partial charge in [0.15, 0.2) is 19.7 Å². The van der Waals surface area contributed by atoms with Crippen molar-refractivity contribution in [2.75, 3.05) is 50.8 Å². The van der Waals surface area contributed by atoms with E-state index in [-0.39, 0.29) is 21.3 Å². The van der Waals surface area contributed by atoms with E-state index in [1.165, 1.54) is 12.8 Å². The molecule has 192 valence electrons. The van der Waals surface area contributed by atoms with E-state index < -0.39 is 19.7 Å². The van der Waals surface area contributed by atoms with Crippen LogP contribution in [0.5, 0.6) is 11.5 Å². The fourth-order valence-electron chi connectivity index (χ4n) is 4.67. The van der Waals surface area contributed by atoms with Crippen LogP contribution in [0, 0.1) is 0 Å². The van der Waals surface area contributed by atoms with E-state index in [9.17, 15) is 16.8 Å². The summed E-state index contributed by atoms with van der Waals surface area (Å²) in [5.41, 5.74) is 0. The maximum atomic E-state index is 12.7. The fourth-order valence-corrected chi connectivity index (χ4v) is 7.24. The summed E-state index contributed by atoms with van der Waals surface area (Å²) in [7, 11) is -6.70. The largest absolute Gasteiger partial charge is 0.457 e. The molecule has 2 fully saturated rings. The van der Waals surface area contributed by atoms with Gasteiger partial charge in [-0.1, -0.05) is 12.8 Å². The topological polar surface area (TPSA) is 84.0 Å². The smallest absolute Gasteiger partial charge is 0.179 e. The Morgan fingerprint density at radius 3 is 1.23 bits per heavy atom. The van der Waals surface area contributed by atoms with Crippen molar-refractivity contribution in [2.24, 2.45) is 0 Å². The van der Waals surface area contributed by atoms with Crippen molar-refractivity contribution >= 4 is 19.7 Å². The third-order valence-corrected chi connectivity index (χ3v) is 10.3. The van der Waals surface area contributed by atoms with Crippen molar-refractivity contribution in [3.63, 3.8) is 0 Å². The van der Waals surface area contributed by atoms with Crippen LogP contribution in [0.15, 0.2) is 58.3 Å². The van der Waals surface area contributed by atoms with Crippen LogP contribution in [-0.4, -0.2) is 77.4 Å². The molecule has 0 bridgehead atoms. The van der Waals surface area contributed by atoms with Crippen molar-refractivity contribution < 1.29 is 21.6 Å². The average Bonchev–Trinajstić information content (AvgIpc) is 2.88. The van der Waals surface area contributed by atoms with Gasteiger partial charge in [0, 0.05) is 13.1 Å². The number of likely N-dealkylation sites (tertiary alicyclic amines) is 2. The predicted octanol–water partition coefficient (Wildman–Crippen LogP) is 4.00. The first-order valence-corrected chi connectivity index (χ1v) is 15.9. The van der Waals surface area contributed by atoms with Crippen LogP contribution >= 0.6 is 0 Å². The minimum absolute atomic E-state index is 0.112. The molecule has 0 amide bonds. The zero-order valence-corrected chi connectivity index (χ0v) is 21.9. The number of benzene rings is 2. The van der Waals surface area contributed by atoms with Gasteiger partial charge in [0.2, 0.25) is 0 Å². The molecule has 9 heteroatoms. The molecule has 2 saturated heterocycles. The summed E-state index contributed by atoms with van der Waals surface area (Å²) in [4.78, 5) is 5.01. The van der Waals surface area contributed by atoms with Crippen molar-refractivity contribution in [3.05, 3.63) is 48.5 Å². The third kappa shape index (κ3) is 7.52.